The van der Waals surface area contributed by atoms with Crippen molar-refractivity contribution in [3.8, 4) is 5.75 Å². The van der Waals surface area contributed by atoms with Gasteiger partial charge in [0.1, 0.15) is 17.3 Å². The Morgan fingerprint density at radius 2 is 1.65 bits per heavy atom. The summed E-state index contributed by atoms with van der Waals surface area (Å²) in [5.41, 5.74) is 3.14. The molecule has 1 aliphatic rings. The van der Waals surface area contributed by atoms with Crippen LogP contribution in [0.5, 0.6) is 5.75 Å². The molecule has 0 unspecified atom stereocenters. The van der Waals surface area contributed by atoms with E-state index >= 15 is 0 Å². The molecule has 2 heterocycles. The quantitative estimate of drug-likeness (QED) is 0.437. The lowest BCUT2D eigenvalue weighted by Crippen LogP contribution is -2.36. The molecular weight excluding hydrogens is 426 g/mol. The van der Waals surface area contributed by atoms with Gasteiger partial charge < -0.3 is 20.6 Å². The van der Waals surface area contributed by atoms with Crippen LogP contribution < -0.4 is 10.6 Å². The minimum absolute atomic E-state index is 0.117. The smallest absolute Gasteiger partial charge is 0.273 e. The minimum atomic E-state index is -0.251. The molecule has 0 bridgehead atoms. The second kappa shape index (κ2) is 8.97. The molecule has 3 aromatic rings. The first kappa shape index (κ1) is 23.5. The van der Waals surface area contributed by atoms with Crippen LogP contribution in [0.2, 0.25) is 0 Å². The van der Waals surface area contributed by atoms with Crippen molar-refractivity contribution >= 4 is 23.4 Å². The fraction of sp³-hybridized carbons (Fsp3) is 0.370. The average Bonchev–Trinajstić information content (AvgIpc) is 3.15. The van der Waals surface area contributed by atoms with E-state index in [0.29, 0.717) is 36.2 Å². The number of phenols is 1. The SMILES string of the molecule is CC(C)(C)CC(C)(C)Nc1cc(C(=O)N2Cc3ccccc3C2)nc(Nc2cccc(O)c2)n1. The zero-order chi connectivity index (χ0) is 24.5. The van der Waals surface area contributed by atoms with Crippen LogP contribution >= 0.6 is 0 Å². The van der Waals surface area contributed by atoms with Crippen LogP contribution in [0.3, 0.4) is 0 Å². The second-order valence-corrected chi connectivity index (χ2v) is 10.8. The number of aromatic hydroxyl groups is 1. The molecule has 1 aromatic heterocycles. The van der Waals surface area contributed by atoms with E-state index in [1.165, 1.54) is 0 Å². The maximum atomic E-state index is 13.5. The predicted molar refractivity (Wildman–Crippen MR) is 135 cm³/mol. The van der Waals surface area contributed by atoms with Crippen molar-refractivity contribution in [3.05, 3.63) is 71.4 Å². The third-order valence-corrected chi connectivity index (χ3v) is 5.61. The molecule has 4 rings (SSSR count). The molecule has 0 spiro atoms. The molecule has 0 aliphatic carbocycles. The summed E-state index contributed by atoms with van der Waals surface area (Å²) in [6.07, 6.45) is 0.907. The molecule has 0 radical (unpaired) electrons. The number of carbonyl (C=O) groups is 1. The zero-order valence-electron chi connectivity index (χ0n) is 20.5. The van der Waals surface area contributed by atoms with E-state index in [0.717, 1.165) is 17.5 Å². The molecule has 1 amide bonds. The molecule has 2 aromatic carbocycles. The Morgan fingerprint density at radius 3 is 2.26 bits per heavy atom. The number of hydrogen-bond donors (Lipinski definition) is 3. The molecule has 0 atom stereocenters. The summed E-state index contributed by atoms with van der Waals surface area (Å²) in [5, 5.41) is 16.5. The Bertz CT molecular complexity index is 1170. The number of phenolic OH excluding ortho intramolecular Hbond substituents is 1. The Morgan fingerprint density at radius 1 is 0.971 bits per heavy atom. The van der Waals surface area contributed by atoms with E-state index in [-0.39, 0.29) is 22.6 Å². The molecule has 7 nitrogen and oxygen atoms in total. The van der Waals surface area contributed by atoms with Gasteiger partial charge in [-0.2, -0.15) is 4.98 Å². The Hall–Kier alpha value is -3.61. The first-order valence-electron chi connectivity index (χ1n) is 11.6. The highest BCUT2D eigenvalue weighted by Crippen LogP contribution is 2.31. The van der Waals surface area contributed by atoms with E-state index in [2.05, 4.69) is 67.4 Å². The van der Waals surface area contributed by atoms with E-state index in [4.69, 9.17) is 0 Å². The minimum Gasteiger partial charge on any atom is -0.508 e. The first-order valence-corrected chi connectivity index (χ1v) is 11.6. The van der Waals surface area contributed by atoms with Gasteiger partial charge in [-0.05, 0) is 48.9 Å². The van der Waals surface area contributed by atoms with Gasteiger partial charge >= 0.3 is 0 Å². The lowest BCUT2D eigenvalue weighted by Gasteiger charge is -2.34. The summed E-state index contributed by atoms with van der Waals surface area (Å²) in [6, 6.07) is 16.6. The number of aromatic nitrogens is 2. The van der Waals surface area contributed by atoms with Crippen molar-refractivity contribution in [1.29, 1.82) is 0 Å². The number of fused-ring (bicyclic) bond motifs is 1. The van der Waals surface area contributed by atoms with E-state index in [1.807, 2.05) is 18.2 Å². The Kier molecular flexibility index (Phi) is 6.21. The van der Waals surface area contributed by atoms with Gasteiger partial charge in [0.25, 0.3) is 5.91 Å². The monoisotopic (exact) mass is 459 g/mol. The molecule has 7 heteroatoms. The van der Waals surface area contributed by atoms with Crippen LogP contribution in [0, 0.1) is 5.41 Å². The summed E-state index contributed by atoms with van der Waals surface area (Å²) >= 11 is 0. The number of hydrogen-bond acceptors (Lipinski definition) is 6. The number of nitrogens with one attached hydrogen (secondary N) is 2. The van der Waals surface area contributed by atoms with E-state index in [1.54, 1.807) is 29.2 Å². The molecule has 178 valence electrons. The molecule has 3 N–H and O–H groups in total. The lowest BCUT2D eigenvalue weighted by atomic mass is 9.82. The average molecular weight is 460 g/mol. The van der Waals surface area contributed by atoms with Crippen LogP contribution in [-0.2, 0) is 13.1 Å². The number of nitrogens with zero attached hydrogens (tertiary/aromatic N) is 3. The van der Waals surface area contributed by atoms with Crippen molar-refractivity contribution < 1.29 is 9.90 Å². The third-order valence-electron chi connectivity index (χ3n) is 5.61. The van der Waals surface area contributed by atoms with Crippen LogP contribution in [0.25, 0.3) is 0 Å². The van der Waals surface area contributed by atoms with Gasteiger partial charge in [0.05, 0.1) is 0 Å². The van der Waals surface area contributed by atoms with E-state index < -0.39 is 0 Å². The fourth-order valence-electron chi connectivity index (χ4n) is 4.74. The number of benzene rings is 2. The van der Waals surface area contributed by atoms with Gasteiger partial charge in [-0.15, -0.1) is 0 Å². The van der Waals surface area contributed by atoms with Gasteiger partial charge in [0.15, 0.2) is 0 Å². The lowest BCUT2D eigenvalue weighted by molar-refractivity contribution is 0.0745. The highest BCUT2D eigenvalue weighted by molar-refractivity contribution is 5.93. The standard InChI is InChI=1S/C27H33N5O2/c1-26(2,3)17-27(4,5)31-23-14-22(24(34)32-15-18-9-6-7-10-19(18)16-32)29-25(30-23)28-20-11-8-12-21(33)13-20/h6-14,33H,15-17H2,1-5H3,(H2,28,29,30,31). The van der Waals surface area contributed by atoms with Crippen LogP contribution in [0.1, 0.15) is 62.7 Å². The number of carbonyl (C=O) groups excluding carboxylic acids is 1. The van der Waals surface area contributed by atoms with Crippen LogP contribution in [-0.4, -0.2) is 31.4 Å². The van der Waals surface area contributed by atoms with Crippen molar-refractivity contribution in [1.82, 2.24) is 14.9 Å². The highest BCUT2D eigenvalue weighted by Gasteiger charge is 2.28. The zero-order valence-corrected chi connectivity index (χ0v) is 20.5. The summed E-state index contributed by atoms with van der Waals surface area (Å²) < 4.78 is 0. The highest BCUT2D eigenvalue weighted by atomic mass is 16.3. The van der Waals surface area contributed by atoms with Gasteiger partial charge in [0.2, 0.25) is 5.95 Å². The second-order valence-electron chi connectivity index (χ2n) is 10.8. The number of anilines is 3. The topological polar surface area (TPSA) is 90.4 Å². The number of rotatable bonds is 6. The summed E-state index contributed by atoms with van der Waals surface area (Å²) in [7, 11) is 0. The van der Waals surface area contributed by atoms with Gasteiger partial charge in [-0.1, -0.05) is 51.1 Å². The van der Waals surface area contributed by atoms with E-state index in [9.17, 15) is 9.90 Å². The third kappa shape index (κ3) is 5.84. The van der Waals surface area contributed by atoms with Gasteiger partial charge in [0, 0.05) is 36.4 Å². The molecule has 0 fully saturated rings. The molecule has 0 saturated carbocycles. The normalized spacial score (nSPS) is 13.5. The largest absolute Gasteiger partial charge is 0.508 e. The molecule has 34 heavy (non-hydrogen) atoms. The van der Waals surface area contributed by atoms with Crippen molar-refractivity contribution in [2.45, 2.75) is 59.7 Å². The van der Waals surface area contributed by atoms with Crippen LogP contribution in [0.15, 0.2) is 54.6 Å². The number of amides is 1. The first-order chi connectivity index (χ1) is 16.0. The van der Waals surface area contributed by atoms with Crippen LogP contribution in [0.4, 0.5) is 17.5 Å². The molecule has 1 aliphatic heterocycles. The summed E-state index contributed by atoms with van der Waals surface area (Å²) in [6.45, 7) is 12.0. The van der Waals surface area contributed by atoms with Crippen molar-refractivity contribution in [3.63, 3.8) is 0 Å². The van der Waals surface area contributed by atoms with Crippen molar-refractivity contribution in [2.24, 2.45) is 5.41 Å². The summed E-state index contributed by atoms with van der Waals surface area (Å²) in [4.78, 5) is 24.4. The molecular formula is C27H33N5O2. The Balaban J connectivity index is 1.64. The predicted octanol–water partition coefficient (Wildman–Crippen LogP) is 5.71. The van der Waals surface area contributed by atoms with Gasteiger partial charge in [-0.3, -0.25) is 4.79 Å². The molecule has 0 saturated heterocycles. The van der Waals surface area contributed by atoms with Gasteiger partial charge in [-0.25, -0.2) is 4.98 Å². The fourth-order valence-corrected chi connectivity index (χ4v) is 4.74. The maximum Gasteiger partial charge on any atom is 0.273 e. The maximum absolute atomic E-state index is 13.5. The summed E-state index contributed by atoms with van der Waals surface area (Å²) in [5.74, 6) is 0.861. The van der Waals surface area contributed by atoms with Crippen molar-refractivity contribution in [2.75, 3.05) is 10.6 Å². The Labute approximate surface area is 201 Å².